The van der Waals surface area contributed by atoms with E-state index < -0.39 is 11.8 Å². The summed E-state index contributed by atoms with van der Waals surface area (Å²) in [4.78, 5) is 10.5. The summed E-state index contributed by atoms with van der Waals surface area (Å²) in [6.07, 6.45) is -0.281. The highest BCUT2D eigenvalue weighted by Gasteiger charge is 2.07. The van der Waals surface area contributed by atoms with Gasteiger partial charge in [-0.1, -0.05) is 24.3 Å². The van der Waals surface area contributed by atoms with E-state index in [1.54, 1.807) is 12.1 Å². The standard InChI is InChI=1S/C12H9FO2/c13-11-6-9-4-2-1-3-8(9)5-10(11)7-12(14)15/h1-6H,7H2,(H,14,15). The lowest BCUT2D eigenvalue weighted by molar-refractivity contribution is -0.136. The molecule has 0 aromatic heterocycles. The van der Waals surface area contributed by atoms with Crippen molar-refractivity contribution in [1.29, 1.82) is 0 Å². The van der Waals surface area contributed by atoms with Gasteiger partial charge in [-0.25, -0.2) is 4.39 Å². The molecule has 0 aliphatic rings. The summed E-state index contributed by atoms with van der Waals surface area (Å²) in [5.74, 6) is -1.49. The maximum absolute atomic E-state index is 13.4. The summed E-state index contributed by atoms with van der Waals surface area (Å²) in [7, 11) is 0. The second-order valence-corrected chi connectivity index (χ2v) is 3.36. The van der Waals surface area contributed by atoms with Crippen LogP contribution in [0.3, 0.4) is 0 Å². The van der Waals surface area contributed by atoms with Gasteiger partial charge >= 0.3 is 5.97 Å². The molecular weight excluding hydrogens is 195 g/mol. The molecule has 2 aromatic carbocycles. The zero-order valence-electron chi connectivity index (χ0n) is 7.90. The summed E-state index contributed by atoms with van der Waals surface area (Å²) in [5.41, 5.74) is 0.223. The van der Waals surface area contributed by atoms with E-state index in [0.29, 0.717) is 0 Å². The van der Waals surface area contributed by atoms with Crippen molar-refractivity contribution in [2.24, 2.45) is 0 Å². The van der Waals surface area contributed by atoms with Crippen LogP contribution >= 0.6 is 0 Å². The van der Waals surface area contributed by atoms with Crippen LogP contribution in [0.25, 0.3) is 10.8 Å². The first kappa shape index (κ1) is 9.65. The van der Waals surface area contributed by atoms with Crippen molar-refractivity contribution < 1.29 is 14.3 Å². The quantitative estimate of drug-likeness (QED) is 0.816. The second-order valence-electron chi connectivity index (χ2n) is 3.36. The Labute approximate surface area is 86.0 Å². The normalized spacial score (nSPS) is 10.5. The molecule has 2 aromatic rings. The van der Waals surface area contributed by atoms with Gasteiger partial charge in [0.15, 0.2) is 0 Å². The van der Waals surface area contributed by atoms with Crippen LogP contribution in [0.15, 0.2) is 36.4 Å². The van der Waals surface area contributed by atoms with E-state index in [9.17, 15) is 9.18 Å². The van der Waals surface area contributed by atoms with Crippen molar-refractivity contribution in [1.82, 2.24) is 0 Å². The maximum atomic E-state index is 13.4. The van der Waals surface area contributed by atoms with Crippen LogP contribution in [-0.4, -0.2) is 11.1 Å². The molecule has 3 heteroatoms. The Balaban J connectivity index is 2.56. The molecule has 0 unspecified atom stereocenters. The van der Waals surface area contributed by atoms with Crippen molar-refractivity contribution in [3.8, 4) is 0 Å². The van der Waals surface area contributed by atoms with Crippen LogP contribution in [0, 0.1) is 5.82 Å². The molecule has 0 fully saturated rings. The summed E-state index contributed by atoms with van der Waals surface area (Å²) in [6.45, 7) is 0. The van der Waals surface area contributed by atoms with Crippen molar-refractivity contribution in [2.45, 2.75) is 6.42 Å². The minimum absolute atomic E-state index is 0.223. The van der Waals surface area contributed by atoms with Gasteiger partial charge in [-0.15, -0.1) is 0 Å². The van der Waals surface area contributed by atoms with E-state index >= 15 is 0 Å². The van der Waals surface area contributed by atoms with Gasteiger partial charge in [-0.05, 0) is 28.5 Å². The minimum atomic E-state index is -1.02. The topological polar surface area (TPSA) is 37.3 Å². The van der Waals surface area contributed by atoms with Crippen molar-refractivity contribution in [3.63, 3.8) is 0 Å². The van der Waals surface area contributed by atoms with Gasteiger partial charge in [0.05, 0.1) is 6.42 Å². The van der Waals surface area contributed by atoms with E-state index in [4.69, 9.17) is 5.11 Å². The number of carboxylic acid groups (broad SMARTS) is 1. The van der Waals surface area contributed by atoms with Crippen LogP contribution in [0.1, 0.15) is 5.56 Å². The monoisotopic (exact) mass is 204 g/mol. The Morgan fingerprint density at radius 3 is 2.40 bits per heavy atom. The maximum Gasteiger partial charge on any atom is 0.307 e. The fourth-order valence-electron chi connectivity index (χ4n) is 1.56. The first-order valence-electron chi connectivity index (χ1n) is 4.56. The minimum Gasteiger partial charge on any atom is -0.481 e. The van der Waals surface area contributed by atoms with Crippen LogP contribution in [0.2, 0.25) is 0 Å². The number of carboxylic acids is 1. The van der Waals surface area contributed by atoms with E-state index in [1.807, 2.05) is 18.2 Å². The van der Waals surface area contributed by atoms with E-state index in [2.05, 4.69) is 0 Å². The molecule has 0 bridgehead atoms. The van der Waals surface area contributed by atoms with Gasteiger partial charge in [0.1, 0.15) is 5.82 Å². The molecule has 2 rings (SSSR count). The molecule has 0 amide bonds. The first-order valence-corrected chi connectivity index (χ1v) is 4.56. The molecule has 0 heterocycles. The average Bonchev–Trinajstić information content (AvgIpc) is 2.18. The lowest BCUT2D eigenvalue weighted by Gasteiger charge is -2.03. The number of aliphatic carboxylic acids is 1. The van der Waals surface area contributed by atoms with Gasteiger partial charge in [-0.3, -0.25) is 4.79 Å². The van der Waals surface area contributed by atoms with Crippen molar-refractivity contribution >= 4 is 16.7 Å². The number of hydrogen-bond donors (Lipinski definition) is 1. The van der Waals surface area contributed by atoms with Crippen LogP contribution in [-0.2, 0) is 11.2 Å². The molecule has 2 nitrogen and oxygen atoms in total. The van der Waals surface area contributed by atoms with Crippen LogP contribution < -0.4 is 0 Å². The molecule has 0 aliphatic heterocycles. The highest BCUT2D eigenvalue weighted by molar-refractivity contribution is 5.84. The SMILES string of the molecule is O=C(O)Cc1cc2ccccc2cc1F. The third-order valence-corrected chi connectivity index (χ3v) is 2.26. The molecule has 15 heavy (non-hydrogen) atoms. The fraction of sp³-hybridized carbons (Fsp3) is 0.0833. The summed E-state index contributed by atoms with van der Waals surface area (Å²) in [5, 5.41) is 10.2. The number of benzene rings is 2. The number of rotatable bonds is 2. The lowest BCUT2D eigenvalue weighted by atomic mass is 10.0. The molecule has 0 atom stereocenters. The average molecular weight is 204 g/mol. The van der Waals surface area contributed by atoms with Gasteiger partial charge in [0.25, 0.3) is 0 Å². The summed E-state index contributed by atoms with van der Waals surface area (Å²) >= 11 is 0. The Bertz CT molecular complexity index is 520. The Hall–Kier alpha value is -1.90. The fourth-order valence-corrected chi connectivity index (χ4v) is 1.56. The summed E-state index contributed by atoms with van der Waals surface area (Å²) in [6, 6.07) is 10.2. The molecule has 1 N–H and O–H groups in total. The predicted octanol–water partition coefficient (Wildman–Crippen LogP) is 2.61. The van der Waals surface area contributed by atoms with Gasteiger partial charge in [0.2, 0.25) is 0 Å². The van der Waals surface area contributed by atoms with Gasteiger partial charge in [-0.2, -0.15) is 0 Å². The zero-order chi connectivity index (χ0) is 10.8. The smallest absolute Gasteiger partial charge is 0.307 e. The summed E-state index contributed by atoms with van der Waals surface area (Å²) < 4.78 is 13.4. The molecule has 0 saturated heterocycles. The van der Waals surface area contributed by atoms with Gasteiger partial charge in [0, 0.05) is 0 Å². The van der Waals surface area contributed by atoms with Crippen molar-refractivity contribution in [2.75, 3.05) is 0 Å². The molecule has 0 saturated carbocycles. The van der Waals surface area contributed by atoms with Crippen LogP contribution in [0.4, 0.5) is 4.39 Å². The largest absolute Gasteiger partial charge is 0.481 e. The van der Waals surface area contributed by atoms with E-state index in [0.717, 1.165) is 10.8 Å². The highest BCUT2D eigenvalue weighted by Crippen LogP contribution is 2.19. The first-order chi connectivity index (χ1) is 7.16. The predicted molar refractivity (Wildman–Crippen MR) is 55.2 cm³/mol. The van der Waals surface area contributed by atoms with Crippen molar-refractivity contribution in [3.05, 3.63) is 47.8 Å². The Kier molecular flexibility index (Phi) is 2.37. The van der Waals surface area contributed by atoms with E-state index in [-0.39, 0.29) is 12.0 Å². The number of hydrogen-bond acceptors (Lipinski definition) is 1. The molecule has 0 aliphatic carbocycles. The number of fused-ring (bicyclic) bond motifs is 1. The van der Waals surface area contributed by atoms with E-state index in [1.165, 1.54) is 6.07 Å². The third-order valence-electron chi connectivity index (χ3n) is 2.26. The third kappa shape index (κ3) is 1.96. The lowest BCUT2D eigenvalue weighted by Crippen LogP contribution is -2.02. The van der Waals surface area contributed by atoms with Gasteiger partial charge < -0.3 is 5.11 Å². The molecule has 0 radical (unpaired) electrons. The molecule has 76 valence electrons. The molecule has 0 spiro atoms. The van der Waals surface area contributed by atoms with Crippen LogP contribution in [0.5, 0.6) is 0 Å². The Morgan fingerprint density at radius 2 is 1.80 bits per heavy atom. The number of halogens is 1. The number of carbonyl (C=O) groups is 1. The highest BCUT2D eigenvalue weighted by atomic mass is 19.1. The zero-order valence-corrected chi connectivity index (χ0v) is 7.90. The second kappa shape index (κ2) is 3.69. The Morgan fingerprint density at radius 1 is 1.20 bits per heavy atom. The molecular formula is C12H9FO2.